The van der Waals surface area contributed by atoms with Crippen LogP contribution in [0.15, 0.2) is 35.4 Å². The second-order valence-corrected chi connectivity index (χ2v) is 8.03. The number of halogens is 1. The Labute approximate surface area is 146 Å². The first-order valence-electron chi connectivity index (χ1n) is 9.02. The van der Waals surface area contributed by atoms with Crippen LogP contribution in [0.4, 0.5) is 5.69 Å². The first kappa shape index (κ1) is 14.7. The van der Waals surface area contributed by atoms with Gasteiger partial charge in [0.25, 0.3) is 0 Å². The average Bonchev–Trinajstić information content (AvgIpc) is 3.25. The largest absolute Gasteiger partial charge is 0.274 e. The number of carbonyl (C=O) groups excluding carboxylic acids is 2. The highest BCUT2D eigenvalue weighted by molar-refractivity contribution is 6.31. The molecule has 24 heavy (non-hydrogen) atoms. The summed E-state index contributed by atoms with van der Waals surface area (Å²) >= 11 is 6.09. The Morgan fingerprint density at radius 3 is 2.04 bits per heavy atom. The van der Waals surface area contributed by atoms with Crippen LogP contribution < -0.4 is 4.90 Å². The molecule has 3 nitrogen and oxygen atoms in total. The van der Waals surface area contributed by atoms with Crippen LogP contribution in [0.25, 0.3) is 0 Å². The van der Waals surface area contributed by atoms with E-state index in [-0.39, 0.29) is 23.7 Å². The van der Waals surface area contributed by atoms with Crippen molar-refractivity contribution in [2.24, 2.45) is 23.7 Å². The molecule has 0 radical (unpaired) electrons. The molecule has 1 saturated heterocycles. The maximum Gasteiger partial charge on any atom is 0.238 e. The van der Waals surface area contributed by atoms with Gasteiger partial charge >= 0.3 is 0 Å². The molecule has 5 rings (SSSR count). The van der Waals surface area contributed by atoms with Crippen molar-refractivity contribution in [3.63, 3.8) is 0 Å². The van der Waals surface area contributed by atoms with Gasteiger partial charge in [-0.3, -0.25) is 9.59 Å². The summed E-state index contributed by atoms with van der Waals surface area (Å²) in [6.07, 6.45) is 6.73. The highest BCUT2D eigenvalue weighted by atomic mass is 35.5. The van der Waals surface area contributed by atoms with E-state index in [0.717, 1.165) is 38.5 Å². The maximum absolute atomic E-state index is 13.2. The third kappa shape index (κ3) is 1.85. The molecule has 2 amide bonds. The number of hydrogen-bond acceptors (Lipinski definition) is 2. The SMILES string of the molecule is O=C1[C@H]2[C@H](C(=O)N1c1cccc(Cl)c1)[C@@H]1CCCC1=C1CCC[C@H]12. The molecule has 0 N–H and O–H groups in total. The smallest absolute Gasteiger partial charge is 0.238 e. The summed E-state index contributed by atoms with van der Waals surface area (Å²) in [7, 11) is 0. The molecule has 0 aromatic heterocycles. The Morgan fingerprint density at radius 1 is 0.917 bits per heavy atom. The Bertz CT molecular complexity index is 742. The summed E-state index contributed by atoms with van der Waals surface area (Å²) in [5, 5.41) is 0.559. The molecule has 1 aromatic rings. The van der Waals surface area contributed by atoms with Crippen molar-refractivity contribution in [2.45, 2.75) is 38.5 Å². The van der Waals surface area contributed by atoms with Crippen LogP contribution in [0.3, 0.4) is 0 Å². The Kier molecular flexibility index (Phi) is 3.18. The zero-order chi connectivity index (χ0) is 16.4. The number of amides is 2. The van der Waals surface area contributed by atoms with Crippen LogP contribution in [-0.4, -0.2) is 11.8 Å². The predicted molar refractivity (Wildman–Crippen MR) is 92.6 cm³/mol. The van der Waals surface area contributed by atoms with Crippen molar-refractivity contribution in [3.8, 4) is 0 Å². The molecule has 0 unspecified atom stereocenters. The molecule has 1 aromatic carbocycles. The number of nitrogens with zero attached hydrogens (tertiary/aromatic N) is 1. The van der Waals surface area contributed by atoms with Crippen molar-refractivity contribution >= 4 is 29.1 Å². The van der Waals surface area contributed by atoms with Crippen LogP contribution >= 0.6 is 11.6 Å². The molecular weight excluding hydrogens is 322 g/mol. The van der Waals surface area contributed by atoms with Gasteiger partial charge in [-0.15, -0.1) is 0 Å². The van der Waals surface area contributed by atoms with Crippen molar-refractivity contribution in [2.75, 3.05) is 4.90 Å². The van der Waals surface area contributed by atoms with Crippen molar-refractivity contribution in [1.82, 2.24) is 0 Å². The van der Waals surface area contributed by atoms with Gasteiger partial charge in [0.05, 0.1) is 17.5 Å². The lowest BCUT2D eigenvalue weighted by Gasteiger charge is -2.34. The summed E-state index contributed by atoms with van der Waals surface area (Å²) in [4.78, 5) is 27.9. The fourth-order valence-electron chi connectivity index (χ4n) is 5.76. The number of imide groups is 1. The van der Waals surface area contributed by atoms with E-state index < -0.39 is 0 Å². The van der Waals surface area contributed by atoms with Gasteiger partial charge in [-0.25, -0.2) is 4.90 Å². The zero-order valence-electron chi connectivity index (χ0n) is 13.5. The number of benzene rings is 1. The molecule has 3 aliphatic carbocycles. The predicted octanol–water partition coefficient (Wildman–Crippen LogP) is 4.36. The van der Waals surface area contributed by atoms with Gasteiger partial charge < -0.3 is 0 Å². The Hall–Kier alpha value is -1.61. The lowest BCUT2D eigenvalue weighted by atomic mass is 9.66. The van der Waals surface area contributed by atoms with Crippen LogP contribution in [-0.2, 0) is 9.59 Å². The molecule has 4 atom stereocenters. The molecular formula is C20H20ClNO2. The van der Waals surface area contributed by atoms with Gasteiger partial charge in [0, 0.05) is 5.02 Å². The quantitative estimate of drug-likeness (QED) is 0.562. The molecule has 4 heteroatoms. The van der Waals surface area contributed by atoms with Crippen LogP contribution in [0.5, 0.6) is 0 Å². The zero-order valence-corrected chi connectivity index (χ0v) is 14.3. The molecule has 124 valence electrons. The highest BCUT2D eigenvalue weighted by Crippen LogP contribution is 2.57. The van der Waals surface area contributed by atoms with Crippen molar-refractivity contribution in [1.29, 1.82) is 0 Å². The van der Waals surface area contributed by atoms with Gasteiger partial charge in [-0.05, 0) is 68.6 Å². The number of anilines is 1. The molecule has 1 heterocycles. The average molecular weight is 342 g/mol. The second-order valence-electron chi connectivity index (χ2n) is 7.59. The van der Waals surface area contributed by atoms with Gasteiger partial charge in [0.1, 0.15) is 0 Å². The minimum absolute atomic E-state index is 0.00242. The van der Waals surface area contributed by atoms with E-state index in [1.165, 1.54) is 16.0 Å². The molecule has 4 aliphatic rings. The van der Waals surface area contributed by atoms with Gasteiger partial charge in [0.15, 0.2) is 0 Å². The summed E-state index contributed by atoms with van der Waals surface area (Å²) in [5.41, 5.74) is 3.70. The third-order valence-electron chi connectivity index (χ3n) is 6.56. The number of hydrogen-bond donors (Lipinski definition) is 0. The molecule has 2 saturated carbocycles. The van der Waals surface area contributed by atoms with E-state index in [2.05, 4.69) is 0 Å². The number of rotatable bonds is 1. The van der Waals surface area contributed by atoms with Crippen LogP contribution in [0.2, 0.25) is 5.02 Å². The summed E-state index contributed by atoms with van der Waals surface area (Å²) in [6, 6.07) is 7.13. The van der Waals surface area contributed by atoms with Gasteiger partial charge in [-0.2, -0.15) is 0 Å². The Balaban J connectivity index is 1.61. The molecule has 0 spiro atoms. The lowest BCUT2D eigenvalue weighted by Crippen LogP contribution is -2.35. The number of allylic oxidation sites excluding steroid dienone is 2. The summed E-state index contributed by atoms with van der Waals surface area (Å²) in [5.74, 6) is 0.340. The van der Waals surface area contributed by atoms with Crippen molar-refractivity contribution < 1.29 is 9.59 Å². The fourth-order valence-corrected chi connectivity index (χ4v) is 5.95. The Morgan fingerprint density at radius 2 is 1.50 bits per heavy atom. The van der Waals surface area contributed by atoms with Gasteiger partial charge in [0.2, 0.25) is 11.8 Å². The van der Waals surface area contributed by atoms with E-state index in [9.17, 15) is 9.59 Å². The molecule has 1 aliphatic heterocycles. The first-order valence-corrected chi connectivity index (χ1v) is 9.40. The summed E-state index contributed by atoms with van der Waals surface area (Å²) in [6.45, 7) is 0. The van der Waals surface area contributed by atoms with Gasteiger partial charge in [-0.1, -0.05) is 28.8 Å². The highest BCUT2D eigenvalue weighted by Gasteiger charge is 2.59. The normalized spacial score (nSPS) is 34.6. The maximum atomic E-state index is 13.2. The lowest BCUT2D eigenvalue weighted by molar-refractivity contribution is -0.122. The minimum atomic E-state index is -0.138. The minimum Gasteiger partial charge on any atom is -0.274 e. The van der Waals surface area contributed by atoms with E-state index in [1.807, 2.05) is 6.07 Å². The van der Waals surface area contributed by atoms with Crippen LogP contribution in [0.1, 0.15) is 38.5 Å². The topological polar surface area (TPSA) is 37.4 Å². The fraction of sp³-hybridized carbons (Fsp3) is 0.500. The number of fused-ring (bicyclic) bond motifs is 5. The monoisotopic (exact) mass is 341 g/mol. The van der Waals surface area contributed by atoms with E-state index in [0.29, 0.717) is 22.5 Å². The third-order valence-corrected chi connectivity index (χ3v) is 6.80. The number of carbonyl (C=O) groups is 2. The van der Waals surface area contributed by atoms with Crippen LogP contribution in [0, 0.1) is 23.7 Å². The van der Waals surface area contributed by atoms with E-state index in [1.54, 1.807) is 18.2 Å². The first-order chi connectivity index (χ1) is 11.7. The van der Waals surface area contributed by atoms with E-state index in [4.69, 9.17) is 11.6 Å². The summed E-state index contributed by atoms with van der Waals surface area (Å²) < 4.78 is 0. The second kappa shape index (κ2) is 5.19. The van der Waals surface area contributed by atoms with Crippen molar-refractivity contribution in [3.05, 3.63) is 40.4 Å². The van der Waals surface area contributed by atoms with E-state index >= 15 is 0 Å². The molecule has 3 fully saturated rings. The standard InChI is InChI=1S/C20H20ClNO2/c21-11-4-1-5-12(10-11)22-19(23)17-15-8-2-6-13(15)14-7-3-9-16(14)18(17)20(22)24/h1,4-5,10,15-18H,2-3,6-9H2/t15-,16-,17-,18-/m1/s1. The molecule has 0 bridgehead atoms.